The van der Waals surface area contributed by atoms with Crippen molar-refractivity contribution in [2.75, 3.05) is 19.6 Å². The van der Waals surface area contributed by atoms with Crippen molar-refractivity contribution in [1.29, 1.82) is 0 Å². The molecule has 16 heavy (non-hydrogen) atoms. The molecule has 0 amide bonds. The van der Waals surface area contributed by atoms with Crippen molar-refractivity contribution in [2.45, 2.75) is 45.7 Å². The lowest BCUT2D eigenvalue weighted by molar-refractivity contribution is -0.141. The van der Waals surface area contributed by atoms with E-state index in [1.54, 1.807) is 6.92 Å². The molecule has 0 aliphatic carbocycles. The Labute approximate surface area is 98.0 Å². The van der Waals surface area contributed by atoms with Crippen molar-refractivity contribution < 1.29 is 9.90 Å². The van der Waals surface area contributed by atoms with E-state index in [0.29, 0.717) is 18.6 Å². The topological polar surface area (TPSA) is 52.6 Å². The normalized spacial score (nSPS) is 22.9. The van der Waals surface area contributed by atoms with Gasteiger partial charge in [-0.1, -0.05) is 6.92 Å². The first-order valence-electron chi connectivity index (χ1n) is 6.21. The van der Waals surface area contributed by atoms with Crippen LogP contribution in [-0.2, 0) is 4.79 Å². The van der Waals surface area contributed by atoms with Gasteiger partial charge in [-0.3, -0.25) is 9.69 Å². The first-order chi connectivity index (χ1) is 7.50. The number of hydrogen-bond acceptors (Lipinski definition) is 3. The highest BCUT2D eigenvalue weighted by Crippen LogP contribution is 2.11. The highest BCUT2D eigenvalue weighted by Gasteiger charge is 2.22. The summed E-state index contributed by atoms with van der Waals surface area (Å²) in [6.45, 7) is 8.75. The quantitative estimate of drug-likeness (QED) is 0.716. The van der Waals surface area contributed by atoms with Crippen LogP contribution in [-0.4, -0.2) is 47.7 Å². The standard InChI is InChI=1S/C12H24N2O2/c1-9(2)14(7-10(3)12(15)16)8-11-5-4-6-13-11/h9-11,13H,4-8H2,1-3H3,(H,15,16). The fourth-order valence-corrected chi connectivity index (χ4v) is 2.12. The lowest BCUT2D eigenvalue weighted by Crippen LogP contribution is -2.44. The van der Waals surface area contributed by atoms with Crippen molar-refractivity contribution in [3.63, 3.8) is 0 Å². The maximum atomic E-state index is 10.9. The van der Waals surface area contributed by atoms with Gasteiger partial charge in [0.05, 0.1) is 5.92 Å². The fourth-order valence-electron chi connectivity index (χ4n) is 2.12. The number of carbonyl (C=O) groups is 1. The third kappa shape index (κ3) is 4.10. The molecule has 94 valence electrons. The summed E-state index contributed by atoms with van der Waals surface area (Å²) >= 11 is 0. The van der Waals surface area contributed by atoms with E-state index >= 15 is 0 Å². The summed E-state index contributed by atoms with van der Waals surface area (Å²) in [5.41, 5.74) is 0. The summed E-state index contributed by atoms with van der Waals surface area (Å²) in [7, 11) is 0. The molecule has 1 fully saturated rings. The predicted molar refractivity (Wildman–Crippen MR) is 64.5 cm³/mol. The molecule has 2 N–H and O–H groups in total. The van der Waals surface area contributed by atoms with Gasteiger partial charge in [0.25, 0.3) is 0 Å². The molecule has 0 aromatic heterocycles. The molecule has 0 spiro atoms. The van der Waals surface area contributed by atoms with Gasteiger partial charge in [-0.25, -0.2) is 0 Å². The Morgan fingerprint density at radius 3 is 2.62 bits per heavy atom. The Bertz CT molecular complexity index is 225. The second-order valence-corrected chi connectivity index (χ2v) is 5.08. The molecule has 1 saturated heterocycles. The van der Waals surface area contributed by atoms with E-state index in [2.05, 4.69) is 24.1 Å². The van der Waals surface area contributed by atoms with Gasteiger partial charge in [0.2, 0.25) is 0 Å². The van der Waals surface area contributed by atoms with Crippen LogP contribution in [0.25, 0.3) is 0 Å². The van der Waals surface area contributed by atoms with Crippen molar-refractivity contribution >= 4 is 5.97 Å². The van der Waals surface area contributed by atoms with Crippen LogP contribution in [0.1, 0.15) is 33.6 Å². The molecule has 2 unspecified atom stereocenters. The summed E-state index contributed by atoms with van der Waals surface area (Å²) < 4.78 is 0. The van der Waals surface area contributed by atoms with Crippen molar-refractivity contribution in [3.05, 3.63) is 0 Å². The van der Waals surface area contributed by atoms with Gasteiger partial charge in [-0.2, -0.15) is 0 Å². The average molecular weight is 228 g/mol. The van der Waals surface area contributed by atoms with E-state index in [1.165, 1.54) is 12.8 Å². The van der Waals surface area contributed by atoms with Gasteiger partial charge in [0, 0.05) is 25.2 Å². The Morgan fingerprint density at radius 1 is 1.50 bits per heavy atom. The third-order valence-electron chi connectivity index (χ3n) is 3.28. The maximum Gasteiger partial charge on any atom is 0.307 e. The lowest BCUT2D eigenvalue weighted by atomic mass is 10.1. The molecule has 1 heterocycles. The minimum Gasteiger partial charge on any atom is -0.481 e. The number of carboxylic acids is 1. The monoisotopic (exact) mass is 228 g/mol. The summed E-state index contributed by atoms with van der Waals surface area (Å²) in [4.78, 5) is 13.1. The van der Waals surface area contributed by atoms with Gasteiger partial charge < -0.3 is 10.4 Å². The van der Waals surface area contributed by atoms with E-state index in [1.807, 2.05) is 0 Å². The Hall–Kier alpha value is -0.610. The second-order valence-electron chi connectivity index (χ2n) is 5.08. The minimum atomic E-state index is -0.704. The third-order valence-corrected chi connectivity index (χ3v) is 3.28. The van der Waals surface area contributed by atoms with Crippen LogP contribution < -0.4 is 5.32 Å². The first-order valence-corrected chi connectivity index (χ1v) is 6.21. The SMILES string of the molecule is CC(CN(CC1CCCN1)C(C)C)C(=O)O. The number of hydrogen-bond donors (Lipinski definition) is 2. The van der Waals surface area contributed by atoms with E-state index in [0.717, 1.165) is 13.1 Å². The van der Waals surface area contributed by atoms with Crippen molar-refractivity contribution in [1.82, 2.24) is 10.2 Å². The van der Waals surface area contributed by atoms with Gasteiger partial charge >= 0.3 is 5.97 Å². The molecule has 0 saturated carbocycles. The molecule has 0 bridgehead atoms. The zero-order valence-electron chi connectivity index (χ0n) is 10.6. The zero-order chi connectivity index (χ0) is 12.1. The van der Waals surface area contributed by atoms with Crippen LogP contribution in [0.2, 0.25) is 0 Å². The first kappa shape index (κ1) is 13.5. The minimum absolute atomic E-state index is 0.288. The molecular weight excluding hydrogens is 204 g/mol. The van der Waals surface area contributed by atoms with E-state index in [4.69, 9.17) is 5.11 Å². The largest absolute Gasteiger partial charge is 0.481 e. The molecule has 0 aromatic rings. The van der Waals surface area contributed by atoms with Gasteiger partial charge in [0.15, 0.2) is 0 Å². The van der Waals surface area contributed by atoms with Gasteiger partial charge in [0.1, 0.15) is 0 Å². The number of rotatable bonds is 6. The van der Waals surface area contributed by atoms with Gasteiger partial charge in [-0.15, -0.1) is 0 Å². The molecule has 4 heteroatoms. The molecule has 2 atom stereocenters. The van der Waals surface area contributed by atoms with Crippen LogP contribution >= 0.6 is 0 Å². The molecule has 1 aliphatic heterocycles. The number of nitrogens with one attached hydrogen (secondary N) is 1. The van der Waals surface area contributed by atoms with Crippen molar-refractivity contribution in [2.24, 2.45) is 5.92 Å². The molecule has 0 radical (unpaired) electrons. The maximum absolute atomic E-state index is 10.9. The smallest absolute Gasteiger partial charge is 0.307 e. The van der Waals surface area contributed by atoms with Gasteiger partial charge in [-0.05, 0) is 33.2 Å². The van der Waals surface area contributed by atoms with Crippen LogP contribution in [0, 0.1) is 5.92 Å². The number of aliphatic carboxylic acids is 1. The Balaban J connectivity index is 2.43. The molecule has 1 aliphatic rings. The number of carboxylic acid groups (broad SMARTS) is 1. The molecule has 4 nitrogen and oxygen atoms in total. The highest BCUT2D eigenvalue weighted by atomic mass is 16.4. The van der Waals surface area contributed by atoms with E-state index < -0.39 is 5.97 Å². The summed E-state index contributed by atoms with van der Waals surface area (Å²) in [5, 5.41) is 12.4. The van der Waals surface area contributed by atoms with Crippen LogP contribution in [0.4, 0.5) is 0 Å². The second kappa shape index (κ2) is 6.21. The van der Waals surface area contributed by atoms with E-state index in [9.17, 15) is 4.79 Å². The summed E-state index contributed by atoms with van der Waals surface area (Å²) in [5.74, 6) is -0.992. The number of nitrogens with zero attached hydrogens (tertiary/aromatic N) is 1. The molecule has 0 aromatic carbocycles. The van der Waals surface area contributed by atoms with Crippen LogP contribution in [0.3, 0.4) is 0 Å². The Kier molecular flexibility index (Phi) is 5.22. The lowest BCUT2D eigenvalue weighted by Gasteiger charge is -2.30. The zero-order valence-corrected chi connectivity index (χ0v) is 10.6. The molecule has 1 rings (SSSR count). The van der Waals surface area contributed by atoms with Crippen molar-refractivity contribution in [3.8, 4) is 0 Å². The highest BCUT2D eigenvalue weighted by molar-refractivity contribution is 5.69. The summed E-state index contributed by atoms with van der Waals surface area (Å²) in [6.07, 6.45) is 2.45. The van der Waals surface area contributed by atoms with Crippen LogP contribution in [0.15, 0.2) is 0 Å². The molecular formula is C12H24N2O2. The van der Waals surface area contributed by atoms with E-state index in [-0.39, 0.29) is 5.92 Å². The fraction of sp³-hybridized carbons (Fsp3) is 0.917. The van der Waals surface area contributed by atoms with Crippen LogP contribution in [0.5, 0.6) is 0 Å². The summed E-state index contributed by atoms with van der Waals surface area (Å²) in [6, 6.07) is 0.951. The predicted octanol–water partition coefficient (Wildman–Crippen LogP) is 1.17. The Morgan fingerprint density at radius 2 is 2.19 bits per heavy atom. The average Bonchev–Trinajstić information content (AvgIpc) is 2.68.